The minimum absolute atomic E-state index is 0.0416. The third-order valence-electron chi connectivity index (χ3n) is 13.3. The molecule has 4 amide bonds. The molecule has 0 saturated heterocycles. The minimum atomic E-state index is -1.29. The van der Waals surface area contributed by atoms with E-state index in [2.05, 4.69) is 54.1 Å². The average molecular weight is 1090 g/mol. The SMILES string of the molecule is CCCCCCCCCCCCCCCC(=O)N[C@@H](CCC(=O)NCCOCCOCC(=O)NCCCC[C@H](NCC(=O)C(C)(C)NCC(=O)C(C)(C)NCC(=O)C(C)(C)NC(=O)[C@@H](N)Cc1cnc[nH]1)C(=O)O)C(=O)O. The lowest BCUT2D eigenvalue weighted by atomic mass is 9.93. The van der Waals surface area contributed by atoms with E-state index in [0.29, 0.717) is 25.0 Å². The van der Waals surface area contributed by atoms with Gasteiger partial charge in [-0.15, -0.1) is 0 Å². The van der Waals surface area contributed by atoms with Crippen LogP contribution in [-0.4, -0.2) is 167 Å². The van der Waals surface area contributed by atoms with Crippen LogP contribution in [0.1, 0.15) is 176 Å². The van der Waals surface area contributed by atoms with Gasteiger partial charge < -0.3 is 51.7 Å². The molecule has 0 aromatic carbocycles. The normalized spacial score (nSPS) is 13.0. The van der Waals surface area contributed by atoms with E-state index in [9.17, 15) is 53.4 Å². The number of aromatic nitrogens is 2. The molecule has 77 heavy (non-hydrogen) atoms. The number of hydrogen-bond acceptors (Lipinski definition) is 16. The van der Waals surface area contributed by atoms with Crippen LogP contribution in [0.25, 0.3) is 0 Å². The highest BCUT2D eigenvalue weighted by atomic mass is 16.5. The van der Waals surface area contributed by atoms with Crippen LogP contribution in [-0.2, 0) is 59.0 Å². The number of carboxylic acids is 2. The number of aromatic amines is 1. The zero-order chi connectivity index (χ0) is 57.7. The number of ketones is 3. The molecule has 0 radical (unpaired) electrons. The summed E-state index contributed by atoms with van der Waals surface area (Å²) in [4.78, 5) is 120. The van der Waals surface area contributed by atoms with Crippen molar-refractivity contribution in [3.8, 4) is 0 Å². The van der Waals surface area contributed by atoms with Crippen molar-refractivity contribution in [1.82, 2.24) is 47.2 Å². The van der Waals surface area contributed by atoms with Crippen molar-refractivity contribution >= 4 is 52.9 Å². The number of unbranched alkanes of at least 4 members (excludes halogenated alkanes) is 13. The van der Waals surface area contributed by atoms with Crippen LogP contribution in [0.4, 0.5) is 0 Å². The largest absolute Gasteiger partial charge is 0.480 e. The van der Waals surface area contributed by atoms with Crippen molar-refractivity contribution < 1.29 is 62.8 Å². The summed E-state index contributed by atoms with van der Waals surface area (Å²) in [5, 5.41) is 38.5. The van der Waals surface area contributed by atoms with Gasteiger partial charge >= 0.3 is 11.9 Å². The summed E-state index contributed by atoms with van der Waals surface area (Å²) in [6, 6.07) is -3.12. The highest BCUT2D eigenvalue weighted by Crippen LogP contribution is 2.14. The number of carbonyl (C=O) groups is 9. The predicted molar refractivity (Wildman–Crippen MR) is 292 cm³/mol. The van der Waals surface area contributed by atoms with Crippen LogP contribution in [0.15, 0.2) is 12.5 Å². The molecule has 1 rings (SSSR count). The first-order valence-electron chi connectivity index (χ1n) is 27.7. The number of imidazole rings is 1. The summed E-state index contributed by atoms with van der Waals surface area (Å²) in [5.74, 6) is -5.07. The molecule has 0 aliphatic rings. The number of hydrogen-bond donors (Lipinski definition) is 11. The Kier molecular flexibility index (Phi) is 35.5. The van der Waals surface area contributed by atoms with Gasteiger partial charge in [0.2, 0.25) is 23.6 Å². The number of aliphatic carboxylic acids is 2. The Morgan fingerprint density at radius 2 is 1.13 bits per heavy atom. The maximum absolute atomic E-state index is 13.2. The molecule has 23 heteroatoms. The Morgan fingerprint density at radius 1 is 0.597 bits per heavy atom. The molecular weight excluding hydrogens is 997 g/mol. The fourth-order valence-electron chi connectivity index (χ4n) is 7.78. The number of H-pyrrole nitrogens is 1. The molecule has 1 heterocycles. The van der Waals surface area contributed by atoms with E-state index in [1.54, 1.807) is 33.9 Å². The highest BCUT2D eigenvalue weighted by Gasteiger charge is 2.36. The summed E-state index contributed by atoms with van der Waals surface area (Å²) < 4.78 is 10.8. The van der Waals surface area contributed by atoms with Gasteiger partial charge in [0.1, 0.15) is 18.7 Å². The maximum atomic E-state index is 13.2. The lowest BCUT2D eigenvalue weighted by molar-refractivity contribution is -0.142. The van der Waals surface area contributed by atoms with Gasteiger partial charge in [-0.2, -0.15) is 0 Å². The molecule has 0 aliphatic carbocycles. The number of nitrogens with two attached hydrogens (primary N) is 1. The smallest absolute Gasteiger partial charge is 0.326 e. The van der Waals surface area contributed by atoms with Crippen molar-refractivity contribution in [2.24, 2.45) is 5.73 Å². The van der Waals surface area contributed by atoms with E-state index in [1.807, 2.05) is 0 Å². The molecule has 1 aromatic rings. The second-order valence-electron chi connectivity index (χ2n) is 21.4. The highest BCUT2D eigenvalue weighted by molar-refractivity contribution is 5.96. The van der Waals surface area contributed by atoms with Gasteiger partial charge in [0.15, 0.2) is 17.3 Å². The molecule has 0 unspecified atom stereocenters. The number of nitrogens with zero attached hydrogens (tertiary/aromatic N) is 1. The second kappa shape index (κ2) is 39.2. The molecule has 12 N–H and O–H groups in total. The average Bonchev–Trinajstić information content (AvgIpc) is 3.89. The fourth-order valence-corrected chi connectivity index (χ4v) is 7.78. The Balaban J connectivity index is 2.21. The van der Waals surface area contributed by atoms with Crippen molar-refractivity contribution in [2.75, 3.05) is 59.2 Å². The first kappa shape index (κ1) is 69.8. The molecule has 3 atom stereocenters. The summed E-state index contributed by atoms with van der Waals surface area (Å²) in [5.41, 5.74) is 2.96. The van der Waals surface area contributed by atoms with Crippen LogP contribution < -0.4 is 43.0 Å². The van der Waals surface area contributed by atoms with Gasteiger partial charge in [0, 0.05) is 44.2 Å². The number of nitrogens with one attached hydrogen (secondary N) is 8. The van der Waals surface area contributed by atoms with E-state index in [4.69, 9.17) is 15.2 Å². The molecule has 440 valence electrons. The van der Waals surface area contributed by atoms with Crippen molar-refractivity contribution in [3.05, 3.63) is 18.2 Å². The van der Waals surface area contributed by atoms with Gasteiger partial charge in [0.05, 0.1) is 68.4 Å². The summed E-state index contributed by atoms with van der Waals surface area (Å²) in [6.07, 6.45) is 19.8. The Bertz CT molecular complexity index is 1930. The van der Waals surface area contributed by atoms with E-state index in [-0.39, 0.29) is 126 Å². The minimum Gasteiger partial charge on any atom is -0.480 e. The first-order chi connectivity index (χ1) is 36.4. The van der Waals surface area contributed by atoms with Gasteiger partial charge in [-0.25, -0.2) is 9.78 Å². The number of carbonyl (C=O) groups excluding carboxylic acids is 7. The lowest BCUT2D eigenvalue weighted by Gasteiger charge is -2.31. The van der Waals surface area contributed by atoms with Gasteiger partial charge in [0.25, 0.3) is 0 Å². The summed E-state index contributed by atoms with van der Waals surface area (Å²) in [7, 11) is 0. The maximum Gasteiger partial charge on any atom is 0.326 e. The zero-order valence-corrected chi connectivity index (χ0v) is 47.3. The van der Waals surface area contributed by atoms with Gasteiger partial charge in [-0.05, 0) is 73.6 Å². The number of Topliss-reactive ketones (excluding diaryl/α,β-unsaturated/α-hetero) is 3. The monoisotopic (exact) mass is 1090 g/mol. The van der Waals surface area contributed by atoms with Crippen LogP contribution >= 0.6 is 0 Å². The molecule has 1 aromatic heterocycles. The number of carboxylic acid groups (broad SMARTS) is 2. The zero-order valence-electron chi connectivity index (χ0n) is 47.3. The van der Waals surface area contributed by atoms with Gasteiger partial charge in [-0.3, -0.25) is 54.3 Å². The first-order valence-corrected chi connectivity index (χ1v) is 27.7. The number of rotatable bonds is 49. The Hall–Kier alpha value is -5.20. The predicted octanol–water partition coefficient (Wildman–Crippen LogP) is 2.93. The molecule has 0 saturated carbocycles. The molecule has 0 aliphatic heterocycles. The van der Waals surface area contributed by atoms with E-state index < -0.39 is 52.6 Å². The number of amides is 4. The summed E-state index contributed by atoms with van der Waals surface area (Å²) >= 11 is 0. The lowest BCUT2D eigenvalue weighted by Crippen LogP contribution is -2.60. The van der Waals surface area contributed by atoms with Crippen LogP contribution in [0.2, 0.25) is 0 Å². The molecule has 0 spiro atoms. The standard InChI is InChI=1S/C54H96N10O13/c1-8-9-10-11-12-13-14-15-16-17-18-19-20-24-47(69)63-42(51(74)75)25-26-46(68)58-28-29-76-30-31-77-37-48(70)57-27-22-21-23-41(50(72)73)59-34-43(65)52(2,3)61-35-44(66)53(4,5)62-36-45(67)54(6,7)64-49(71)40(55)32-39-33-56-38-60-39/h33,38,40-42,59,61-62H,8-32,34-37,55H2,1-7H3,(H,56,60)(H,57,70)(H,58,68)(H,63,69)(H,64,71)(H,72,73)(H,74,75)/t40-,41-,42-/m0/s1. The van der Waals surface area contributed by atoms with E-state index in [0.717, 1.165) is 19.3 Å². The summed E-state index contributed by atoms with van der Waals surface area (Å²) in [6.45, 7) is 11.5. The second-order valence-corrected chi connectivity index (χ2v) is 21.4. The van der Waals surface area contributed by atoms with E-state index in [1.165, 1.54) is 78.0 Å². The Labute approximate surface area is 456 Å². The third kappa shape index (κ3) is 33.0. The Morgan fingerprint density at radius 3 is 1.69 bits per heavy atom. The third-order valence-corrected chi connectivity index (χ3v) is 13.3. The fraction of sp³-hybridized carbons (Fsp3) is 0.778. The number of ether oxygens (including phenoxy) is 2. The molecule has 0 bridgehead atoms. The van der Waals surface area contributed by atoms with Crippen LogP contribution in [0.3, 0.4) is 0 Å². The molecule has 0 fully saturated rings. The van der Waals surface area contributed by atoms with Crippen molar-refractivity contribution in [2.45, 2.75) is 212 Å². The van der Waals surface area contributed by atoms with Crippen LogP contribution in [0, 0.1) is 0 Å². The van der Waals surface area contributed by atoms with Gasteiger partial charge in [-0.1, -0.05) is 84.0 Å². The van der Waals surface area contributed by atoms with E-state index >= 15 is 0 Å². The topological polar surface area (TPSA) is 351 Å². The van der Waals surface area contributed by atoms with Crippen molar-refractivity contribution in [1.29, 1.82) is 0 Å². The quantitative estimate of drug-likeness (QED) is 0.0418. The van der Waals surface area contributed by atoms with Crippen molar-refractivity contribution in [3.63, 3.8) is 0 Å². The van der Waals surface area contributed by atoms with Crippen LogP contribution in [0.5, 0.6) is 0 Å². The molecule has 23 nitrogen and oxygen atoms in total. The molecular formula is C54H96N10O13.